The SMILES string of the molecule is COCCNCc1cc(Br)ccc1N1CCCN(C)CC1. The monoisotopic (exact) mass is 355 g/mol. The third-order valence-electron chi connectivity index (χ3n) is 3.90. The number of anilines is 1. The highest BCUT2D eigenvalue weighted by molar-refractivity contribution is 9.10. The van der Waals surface area contributed by atoms with Crippen LogP contribution >= 0.6 is 15.9 Å². The van der Waals surface area contributed by atoms with Gasteiger partial charge in [-0.3, -0.25) is 0 Å². The van der Waals surface area contributed by atoms with Crippen LogP contribution in [0.5, 0.6) is 0 Å². The van der Waals surface area contributed by atoms with Crippen LogP contribution in [0.1, 0.15) is 12.0 Å². The normalized spacial score (nSPS) is 17.0. The minimum atomic E-state index is 0.748. The molecule has 0 spiro atoms. The van der Waals surface area contributed by atoms with Crippen LogP contribution in [0.25, 0.3) is 0 Å². The molecule has 0 amide bonds. The van der Waals surface area contributed by atoms with E-state index < -0.39 is 0 Å². The van der Waals surface area contributed by atoms with Crippen LogP contribution in [0.15, 0.2) is 22.7 Å². The van der Waals surface area contributed by atoms with Crippen molar-refractivity contribution in [1.29, 1.82) is 0 Å². The van der Waals surface area contributed by atoms with Crippen molar-refractivity contribution >= 4 is 21.6 Å². The molecule has 0 bridgehead atoms. The molecule has 1 heterocycles. The fraction of sp³-hybridized carbons (Fsp3) is 0.625. The van der Waals surface area contributed by atoms with Crippen LogP contribution in [-0.2, 0) is 11.3 Å². The highest BCUT2D eigenvalue weighted by Crippen LogP contribution is 2.25. The van der Waals surface area contributed by atoms with E-state index in [1.54, 1.807) is 7.11 Å². The van der Waals surface area contributed by atoms with Crippen molar-refractivity contribution in [3.05, 3.63) is 28.2 Å². The van der Waals surface area contributed by atoms with E-state index in [9.17, 15) is 0 Å². The molecule has 5 heteroatoms. The molecule has 1 fully saturated rings. The first-order chi connectivity index (χ1) is 10.2. The van der Waals surface area contributed by atoms with E-state index in [-0.39, 0.29) is 0 Å². The maximum Gasteiger partial charge on any atom is 0.0587 e. The van der Waals surface area contributed by atoms with Crippen LogP contribution in [0.3, 0.4) is 0 Å². The molecule has 0 aliphatic carbocycles. The summed E-state index contributed by atoms with van der Waals surface area (Å²) in [6.07, 6.45) is 1.23. The fourth-order valence-electron chi connectivity index (χ4n) is 2.69. The zero-order valence-corrected chi connectivity index (χ0v) is 14.7. The average molecular weight is 356 g/mol. The minimum Gasteiger partial charge on any atom is -0.383 e. The fourth-order valence-corrected chi connectivity index (χ4v) is 3.10. The molecular weight excluding hydrogens is 330 g/mol. The molecule has 1 aromatic rings. The second-order valence-electron chi connectivity index (χ2n) is 5.59. The molecule has 0 unspecified atom stereocenters. The molecule has 0 radical (unpaired) electrons. The van der Waals surface area contributed by atoms with Crippen LogP contribution in [-0.4, -0.2) is 58.4 Å². The number of benzene rings is 1. The van der Waals surface area contributed by atoms with Crippen molar-refractivity contribution in [3.8, 4) is 0 Å². The van der Waals surface area contributed by atoms with Crippen molar-refractivity contribution < 1.29 is 4.74 Å². The Hall–Kier alpha value is -0.620. The quantitative estimate of drug-likeness (QED) is 0.792. The van der Waals surface area contributed by atoms with Gasteiger partial charge in [0.05, 0.1) is 6.61 Å². The lowest BCUT2D eigenvalue weighted by molar-refractivity contribution is 0.199. The second kappa shape index (κ2) is 8.73. The van der Waals surface area contributed by atoms with Gasteiger partial charge in [-0.2, -0.15) is 0 Å². The van der Waals surface area contributed by atoms with Gasteiger partial charge in [-0.25, -0.2) is 0 Å². The highest BCUT2D eigenvalue weighted by Gasteiger charge is 2.15. The lowest BCUT2D eigenvalue weighted by Gasteiger charge is -2.26. The summed E-state index contributed by atoms with van der Waals surface area (Å²) in [4.78, 5) is 4.93. The smallest absolute Gasteiger partial charge is 0.0587 e. The Kier molecular flexibility index (Phi) is 6.96. The zero-order valence-electron chi connectivity index (χ0n) is 13.1. The molecule has 0 atom stereocenters. The Morgan fingerprint density at radius 1 is 1.24 bits per heavy atom. The predicted molar refractivity (Wildman–Crippen MR) is 92.1 cm³/mol. The highest BCUT2D eigenvalue weighted by atomic mass is 79.9. The predicted octanol–water partition coefficient (Wildman–Crippen LogP) is 2.33. The van der Waals surface area contributed by atoms with E-state index in [4.69, 9.17) is 4.74 Å². The summed E-state index contributed by atoms with van der Waals surface area (Å²) in [6.45, 7) is 7.06. The van der Waals surface area contributed by atoms with Crippen LogP contribution in [0.2, 0.25) is 0 Å². The molecule has 1 saturated heterocycles. The first-order valence-corrected chi connectivity index (χ1v) is 8.41. The molecule has 118 valence electrons. The van der Waals surface area contributed by atoms with Crippen LogP contribution in [0.4, 0.5) is 5.69 Å². The Morgan fingerprint density at radius 2 is 2.10 bits per heavy atom. The van der Waals surface area contributed by atoms with Gasteiger partial charge in [-0.1, -0.05) is 15.9 Å². The number of hydrogen-bond donors (Lipinski definition) is 1. The molecule has 2 rings (SSSR count). The number of ether oxygens (including phenoxy) is 1. The topological polar surface area (TPSA) is 27.7 Å². The van der Waals surface area contributed by atoms with E-state index in [0.717, 1.165) is 43.8 Å². The van der Waals surface area contributed by atoms with Gasteiger partial charge in [0.15, 0.2) is 0 Å². The molecule has 0 aromatic heterocycles. The van der Waals surface area contributed by atoms with Gasteiger partial charge in [-0.15, -0.1) is 0 Å². The van der Waals surface area contributed by atoms with Gasteiger partial charge in [0.2, 0.25) is 0 Å². The Bertz CT molecular complexity index is 442. The van der Waals surface area contributed by atoms with Gasteiger partial charge >= 0.3 is 0 Å². The number of hydrogen-bond acceptors (Lipinski definition) is 4. The minimum absolute atomic E-state index is 0.748. The molecule has 0 saturated carbocycles. The Balaban J connectivity index is 2.06. The number of methoxy groups -OCH3 is 1. The standard InChI is InChI=1S/C16H26BrN3O/c1-19-7-3-8-20(10-9-19)16-5-4-15(17)12-14(16)13-18-6-11-21-2/h4-5,12,18H,3,6-11,13H2,1-2H3. The third kappa shape index (κ3) is 5.25. The van der Waals surface area contributed by atoms with Gasteiger partial charge in [0.1, 0.15) is 0 Å². The van der Waals surface area contributed by atoms with Gasteiger partial charge in [0.25, 0.3) is 0 Å². The number of nitrogens with zero attached hydrogens (tertiary/aromatic N) is 2. The van der Waals surface area contributed by atoms with Crippen LogP contribution < -0.4 is 10.2 Å². The van der Waals surface area contributed by atoms with Gasteiger partial charge < -0.3 is 19.9 Å². The summed E-state index contributed by atoms with van der Waals surface area (Å²) in [5.74, 6) is 0. The van der Waals surface area contributed by atoms with E-state index in [0.29, 0.717) is 0 Å². The van der Waals surface area contributed by atoms with E-state index in [1.165, 1.54) is 24.2 Å². The van der Waals surface area contributed by atoms with E-state index in [2.05, 4.69) is 56.3 Å². The molecule has 4 nitrogen and oxygen atoms in total. The summed E-state index contributed by atoms with van der Waals surface area (Å²) in [6, 6.07) is 6.61. The zero-order chi connectivity index (χ0) is 15.1. The first kappa shape index (κ1) is 16.7. The summed E-state index contributed by atoms with van der Waals surface area (Å²) in [5, 5.41) is 3.45. The molecule has 21 heavy (non-hydrogen) atoms. The van der Waals surface area contributed by atoms with Crippen molar-refractivity contribution in [1.82, 2.24) is 10.2 Å². The number of rotatable bonds is 6. The number of nitrogens with one attached hydrogen (secondary N) is 1. The molecular formula is C16H26BrN3O. The van der Waals surface area contributed by atoms with Crippen molar-refractivity contribution in [3.63, 3.8) is 0 Å². The molecule has 1 aliphatic rings. The molecule has 1 N–H and O–H groups in total. The number of halogens is 1. The van der Waals surface area contributed by atoms with Gasteiger partial charge in [0, 0.05) is 50.0 Å². The largest absolute Gasteiger partial charge is 0.383 e. The number of likely N-dealkylation sites (N-methyl/N-ethyl adjacent to an activating group) is 1. The third-order valence-corrected chi connectivity index (χ3v) is 4.39. The first-order valence-electron chi connectivity index (χ1n) is 7.62. The van der Waals surface area contributed by atoms with Crippen molar-refractivity contribution in [2.75, 3.05) is 58.4 Å². The second-order valence-corrected chi connectivity index (χ2v) is 6.50. The van der Waals surface area contributed by atoms with Crippen molar-refractivity contribution in [2.24, 2.45) is 0 Å². The Labute approximate surface area is 136 Å². The van der Waals surface area contributed by atoms with E-state index >= 15 is 0 Å². The average Bonchev–Trinajstić information content (AvgIpc) is 2.69. The maximum atomic E-state index is 5.09. The summed E-state index contributed by atoms with van der Waals surface area (Å²) < 4.78 is 6.23. The van der Waals surface area contributed by atoms with Gasteiger partial charge in [-0.05, 0) is 43.8 Å². The molecule has 1 aliphatic heterocycles. The van der Waals surface area contributed by atoms with E-state index in [1.807, 2.05) is 0 Å². The molecule has 1 aromatic carbocycles. The lowest BCUT2D eigenvalue weighted by Crippen LogP contribution is -2.30. The Morgan fingerprint density at radius 3 is 2.90 bits per heavy atom. The van der Waals surface area contributed by atoms with Crippen molar-refractivity contribution in [2.45, 2.75) is 13.0 Å². The lowest BCUT2D eigenvalue weighted by atomic mass is 10.1. The summed E-state index contributed by atoms with van der Waals surface area (Å²) >= 11 is 3.59. The summed E-state index contributed by atoms with van der Waals surface area (Å²) in [5.41, 5.74) is 2.71. The summed E-state index contributed by atoms with van der Waals surface area (Å²) in [7, 11) is 3.94. The maximum absolute atomic E-state index is 5.09. The van der Waals surface area contributed by atoms with Crippen LogP contribution in [0, 0.1) is 0 Å².